The second-order valence-corrected chi connectivity index (χ2v) is 4.35. The highest BCUT2D eigenvalue weighted by Gasteiger charge is 2.27. The van der Waals surface area contributed by atoms with Crippen molar-refractivity contribution in [3.05, 3.63) is 0 Å². The zero-order chi connectivity index (χ0) is 12.1. The molecule has 0 radical (unpaired) electrons. The summed E-state index contributed by atoms with van der Waals surface area (Å²) in [7, 11) is 1.40. The molecule has 5 heteroatoms. The fourth-order valence-corrected chi connectivity index (χ4v) is 2.15. The van der Waals surface area contributed by atoms with Gasteiger partial charge in [0.15, 0.2) is 0 Å². The summed E-state index contributed by atoms with van der Waals surface area (Å²) in [4.78, 5) is 24.2. The molecule has 0 aromatic rings. The average molecular weight is 228 g/mol. The Labute approximate surface area is 95.9 Å². The standard InChI is InChI=1S/C11H20N2O3/c1-8(11(15)16-2)13-5-3-9(4-6-13)7-10(12)14/h8-9H,3-7H2,1-2H3,(H2,12,14). The Bertz CT molecular complexity index is 260. The van der Waals surface area contributed by atoms with Gasteiger partial charge < -0.3 is 10.5 Å². The van der Waals surface area contributed by atoms with E-state index in [1.165, 1.54) is 7.11 Å². The molecule has 1 atom stereocenters. The summed E-state index contributed by atoms with van der Waals surface area (Å²) in [6.45, 7) is 3.50. The lowest BCUT2D eigenvalue weighted by molar-refractivity contribution is -0.147. The number of ether oxygens (including phenoxy) is 1. The lowest BCUT2D eigenvalue weighted by Gasteiger charge is -2.34. The van der Waals surface area contributed by atoms with Crippen LogP contribution in [0.2, 0.25) is 0 Å². The minimum Gasteiger partial charge on any atom is -0.468 e. The molecule has 1 amide bonds. The molecule has 0 saturated carbocycles. The number of rotatable bonds is 4. The minimum atomic E-state index is -0.237. The molecular formula is C11H20N2O3. The van der Waals surface area contributed by atoms with Crippen LogP contribution in [-0.2, 0) is 14.3 Å². The van der Waals surface area contributed by atoms with Gasteiger partial charge in [0.2, 0.25) is 5.91 Å². The number of amides is 1. The van der Waals surface area contributed by atoms with E-state index in [1.807, 2.05) is 6.92 Å². The van der Waals surface area contributed by atoms with E-state index in [4.69, 9.17) is 10.5 Å². The Balaban J connectivity index is 2.36. The van der Waals surface area contributed by atoms with E-state index in [0.29, 0.717) is 12.3 Å². The molecule has 1 heterocycles. The number of likely N-dealkylation sites (tertiary alicyclic amines) is 1. The number of primary amides is 1. The number of methoxy groups -OCH3 is 1. The van der Waals surface area contributed by atoms with Gasteiger partial charge in [-0.3, -0.25) is 14.5 Å². The fraction of sp³-hybridized carbons (Fsp3) is 0.818. The molecule has 1 aliphatic rings. The van der Waals surface area contributed by atoms with Crippen LogP contribution >= 0.6 is 0 Å². The van der Waals surface area contributed by atoms with Crippen molar-refractivity contribution in [1.29, 1.82) is 0 Å². The van der Waals surface area contributed by atoms with Crippen molar-refractivity contribution in [3.8, 4) is 0 Å². The van der Waals surface area contributed by atoms with Gasteiger partial charge in [0.25, 0.3) is 0 Å². The molecule has 92 valence electrons. The lowest BCUT2D eigenvalue weighted by atomic mass is 9.92. The van der Waals surface area contributed by atoms with Gasteiger partial charge in [-0.25, -0.2) is 0 Å². The van der Waals surface area contributed by atoms with Crippen LogP contribution in [-0.4, -0.2) is 43.0 Å². The van der Waals surface area contributed by atoms with E-state index in [9.17, 15) is 9.59 Å². The first kappa shape index (κ1) is 13.0. The van der Waals surface area contributed by atoms with Gasteiger partial charge >= 0.3 is 5.97 Å². The highest BCUT2D eigenvalue weighted by Crippen LogP contribution is 2.21. The first-order valence-corrected chi connectivity index (χ1v) is 5.64. The Hall–Kier alpha value is -1.10. The molecule has 0 bridgehead atoms. The third-order valence-electron chi connectivity index (χ3n) is 3.23. The smallest absolute Gasteiger partial charge is 0.322 e. The number of nitrogens with two attached hydrogens (primary N) is 1. The number of carbonyl (C=O) groups is 2. The normalized spacial score (nSPS) is 20.4. The van der Waals surface area contributed by atoms with Crippen molar-refractivity contribution in [3.63, 3.8) is 0 Å². The monoisotopic (exact) mass is 228 g/mol. The van der Waals surface area contributed by atoms with E-state index in [1.54, 1.807) is 0 Å². The molecule has 5 nitrogen and oxygen atoms in total. The number of piperidine rings is 1. The number of nitrogens with zero attached hydrogens (tertiary/aromatic N) is 1. The summed E-state index contributed by atoms with van der Waals surface area (Å²) in [5, 5.41) is 0. The van der Waals surface area contributed by atoms with Crippen molar-refractivity contribution in [2.75, 3.05) is 20.2 Å². The topological polar surface area (TPSA) is 72.6 Å². The zero-order valence-electron chi connectivity index (χ0n) is 9.94. The number of hydrogen-bond acceptors (Lipinski definition) is 4. The van der Waals surface area contributed by atoms with Gasteiger partial charge in [-0.05, 0) is 38.8 Å². The molecule has 1 aliphatic heterocycles. The van der Waals surface area contributed by atoms with Crippen molar-refractivity contribution < 1.29 is 14.3 Å². The van der Waals surface area contributed by atoms with Gasteiger partial charge in [0.05, 0.1) is 7.11 Å². The lowest BCUT2D eigenvalue weighted by Crippen LogP contribution is -2.44. The van der Waals surface area contributed by atoms with E-state index in [2.05, 4.69) is 4.90 Å². The fourth-order valence-electron chi connectivity index (χ4n) is 2.15. The Morgan fingerprint density at radius 2 is 2.00 bits per heavy atom. The van der Waals surface area contributed by atoms with Crippen LogP contribution in [0.25, 0.3) is 0 Å². The molecule has 0 spiro atoms. The minimum absolute atomic E-state index is 0.195. The maximum atomic E-state index is 11.3. The van der Waals surface area contributed by atoms with Crippen LogP contribution in [0.4, 0.5) is 0 Å². The summed E-state index contributed by atoms with van der Waals surface area (Å²) in [6.07, 6.45) is 2.30. The number of carbonyl (C=O) groups excluding carboxylic acids is 2. The summed E-state index contributed by atoms with van der Waals surface area (Å²) < 4.78 is 4.70. The Morgan fingerprint density at radius 3 is 2.44 bits per heavy atom. The summed E-state index contributed by atoms with van der Waals surface area (Å²) in [5.41, 5.74) is 5.16. The number of esters is 1. The SMILES string of the molecule is COC(=O)C(C)N1CCC(CC(N)=O)CC1. The third-order valence-corrected chi connectivity index (χ3v) is 3.23. The predicted octanol–water partition coefficient (Wildman–Crippen LogP) is 0.135. The summed E-state index contributed by atoms with van der Waals surface area (Å²) >= 11 is 0. The van der Waals surface area contributed by atoms with Crippen LogP contribution < -0.4 is 5.73 Å². The second-order valence-electron chi connectivity index (χ2n) is 4.35. The van der Waals surface area contributed by atoms with Gasteiger partial charge in [-0.1, -0.05) is 0 Å². The molecule has 1 saturated heterocycles. The summed E-state index contributed by atoms with van der Waals surface area (Å²) in [5.74, 6) is -0.0635. The molecule has 0 aliphatic carbocycles. The predicted molar refractivity (Wildman–Crippen MR) is 59.6 cm³/mol. The van der Waals surface area contributed by atoms with Gasteiger partial charge in [-0.2, -0.15) is 0 Å². The first-order valence-electron chi connectivity index (χ1n) is 5.64. The molecule has 0 aromatic heterocycles. The Morgan fingerprint density at radius 1 is 1.44 bits per heavy atom. The molecule has 1 rings (SSSR count). The molecular weight excluding hydrogens is 208 g/mol. The second kappa shape index (κ2) is 5.84. The van der Waals surface area contributed by atoms with Crippen molar-refractivity contribution in [2.24, 2.45) is 11.7 Å². The quantitative estimate of drug-likeness (QED) is 0.694. The van der Waals surface area contributed by atoms with Gasteiger partial charge in [0.1, 0.15) is 6.04 Å². The third kappa shape index (κ3) is 3.48. The maximum Gasteiger partial charge on any atom is 0.322 e. The highest BCUT2D eigenvalue weighted by molar-refractivity contribution is 5.75. The van der Waals surface area contributed by atoms with Crippen molar-refractivity contribution in [2.45, 2.75) is 32.2 Å². The highest BCUT2D eigenvalue weighted by atomic mass is 16.5. The average Bonchev–Trinajstić information content (AvgIpc) is 2.27. The van der Waals surface area contributed by atoms with E-state index in [-0.39, 0.29) is 17.9 Å². The number of hydrogen-bond donors (Lipinski definition) is 1. The van der Waals surface area contributed by atoms with E-state index < -0.39 is 0 Å². The van der Waals surface area contributed by atoms with Crippen LogP contribution in [0.5, 0.6) is 0 Å². The van der Waals surface area contributed by atoms with Crippen molar-refractivity contribution in [1.82, 2.24) is 4.90 Å². The molecule has 2 N–H and O–H groups in total. The largest absolute Gasteiger partial charge is 0.468 e. The summed E-state index contributed by atoms with van der Waals surface area (Å²) in [6, 6.07) is -0.195. The molecule has 1 unspecified atom stereocenters. The van der Waals surface area contributed by atoms with Crippen LogP contribution in [0, 0.1) is 5.92 Å². The van der Waals surface area contributed by atoms with Crippen LogP contribution in [0.15, 0.2) is 0 Å². The molecule has 0 aromatic carbocycles. The van der Waals surface area contributed by atoms with Gasteiger partial charge in [0, 0.05) is 6.42 Å². The van der Waals surface area contributed by atoms with E-state index in [0.717, 1.165) is 25.9 Å². The molecule has 16 heavy (non-hydrogen) atoms. The first-order chi connectivity index (χ1) is 7.54. The van der Waals surface area contributed by atoms with E-state index >= 15 is 0 Å². The van der Waals surface area contributed by atoms with Crippen LogP contribution in [0.1, 0.15) is 26.2 Å². The van der Waals surface area contributed by atoms with Crippen molar-refractivity contribution >= 4 is 11.9 Å². The zero-order valence-corrected chi connectivity index (χ0v) is 9.94. The Kier molecular flexibility index (Phi) is 4.73. The molecule has 1 fully saturated rings. The maximum absolute atomic E-state index is 11.3. The van der Waals surface area contributed by atoms with Crippen LogP contribution in [0.3, 0.4) is 0 Å². The van der Waals surface area contributed by atoms with Gasteiger partial charge in [-0.15, -0.1) is 0 Å².